The molecule has 0 unspecified atom stereocenters. The van der Waals surface area contributed by atoms with Crippen molar-refractivity contribution in [3.05, 3.63) is 88.8 Å². The van der Waals surface area contributed by atoms with E-state index in [1.54, 1.807) is 6.08 Å². The van der Waals surface area contributed by atoms with Crippen molar-refractivity contribution >= 4 is 22.4 Å². The Morgan fingerprint density at radius 1 is 0.879 bits per heavy atom. The van der Waals surface area contributed by atoms with Crippen LogP contribution in [0.1, 0.15) is 49.8 Å². The Morgan fingerprint density at radius 3 is 2.27 bits per heavy atom. The predicted octanol–water partition coefficient (Wildman–Crippen LogP) is 8.71. The highest BCUT2D eigenvalue weighted by molar-refractivity contribution is 5.91. The number of benzene rings is 3. The molecule has 174 valence electrons. The quantitative estimate of drug-likeness (QED) is 0.134. The first-order valence-corrected chi connectivity index (χ1v) is 10.9. The lowest BCUT2D eigenvalue weighted by Crippen LogP contribution is -2.00. The van der Waals surface area contributed by atoms with Gasteiger partial charge in [0, 0.05) is 5.56 Å². The van der Waals surface area contributed by atoms with Gasteiger partial charge in [-0.25, -0.2) is 22.0 Å². The molecule has 0 fully saturated rings. The highest BCUT2D eigenvalue weighted by Crippen LogP contribution is 2.36. The highest BCUT2D eigenvalue weighted by Gasteiger charge is 2.23. The molecule has 1 nitrogen and oxygen atoms in total. The van der Waals surface area contributed by atoms with Crippen LogP contribution in [-0.4, -0.2) is 6.61 Å². The number of fused-ring (bicyclic) bond motifs is 1. The molecular weight excluding hydrogens is 435 g/mol. The number of unbranched alkanes of at least 4 members (excludes halogenated alkanes) is 2. The first-order chi connectivity index (χ1) is 15.9. The molecule has 0 aliphatic heterocycles. The summed E-state index contributed by atoms with van der Waals surface area (Å²) >= 11 is 0. The maximum absolute atomic E-state index is 14.9. The maximum atomic E-state index is 14.9. The van der Waals surface area contributed by atoms with Gasteiger partial charge in [-0.05, 0) is 61.0 Å². The molecule has 0 aliphatic rings. The van der Waals surface area contributed by atoms with E-state index in [1.807, 2.05) is 19.9 Å². The number of halogens is 5. The SMILES string of the molecule is CC=CCOc1ccc(C(F)=C(F)c2cc3ccc(CCCCC)c(F)c3c(F)c2F)cc1. The van der Waals surface area contributed by atoms with Crippen molar-refractivity contribution in [3.63, 3.8) is 0 Å². The van der Waals surface area contributed by atoms with E-state index in [4.69, 9.17) is 4.74 Å². The fraction of sp³-hybridized carbons (Fsp3) is 0.259. The summed E-state index contributed by atoms with van der Waals surface area (Å²) in [6.07, 6.45) is 6.50. The summed E-state index contributed by atoms with van der Waals surface area (Å²) < 4.78 is 79.4. The Labute approximate surface area is 190 Å². The molecule has 0 saturated carbocycles. The molecule has 3 rings (SSSR count). The zero-order valence-electron chi connectivity index (χ0n) is 18.5. The smallest absolute Gasteiger partial charge is 0.170 e. The summed E-state index contributed by atoms with van der Waals surface area (Å²) in [5.74, 6) is -6.52. The van der Waals surface area contributed by atoms with Gasteiger partial charge < -0.3 is 4.74 Å². The van der Waals surface area contributed by atoms with Crippen LogP contribution in [0.4, 0.5) is 22.0 Å². The number of allylic oxidation sites excluding steroid dienone is 1. The second-order valence-corrected chi connectivity index (χ2v) is 7.68. The first-order valence-electron chi connectivity index (χ1n) is 10.9. The van der Waals surface area contributed by atoms with Crippen molar-refractivity contribution in [2.24, 2.45) is 0 Å². The highest BCUT2D eigenvalue weighted by atomic mass is 19.2. The summed E-state index contributed by atoms with van der Waals surface area (Å²) in [6.45, 7) is 4.16. The largest absolute Gasteiger partial charge is 0.490 e. The first kappa shape index (κ1) is 24.5. The van der Waals surface area contributed by atoms with Crippen LogP contribution in [0.5, 0.6) is 5.75 Å². The summed E-state index contributed by atoms with van der Waals surface area (Å²) in [7, 11) is 0. The lowest BCUT2D eigenvalue weighted by atomic mass is 9.98. The van der Waals surface area contributed by atoms with Gasteiger partial charge in [-0.3, -0.25) is 0 Å². The number of rotatable bonds is 9. The third-order valence-electron chi connectivity index (χ3n) is 5.37. The van der Waals surface area contributed by atoms with Gasteiger partial charge in [0.05, 0.1) is 10.9 Å². The van der Waals surface area contributed by atoms with Gasteiger partial charge in [0.2, 0.25) is 0 Å². The maximum Gasteiger partial charge on any atom is 0.170 e. The summed E-state index contributed by atoms with van der Waals surface area (Å²) in [5.41, 5.74) is -0.798. The molecule has 33 heavy (non-hydrogen) atoms. The lowest BCUT2D eigenvalue weighted by Gasteiger charge is -2.11. The normalized spacial score (nSPS) is 12.5. The average Bonchev–Trinajstić information content (AvgIpc) is 2.82. The van der Waals surface area contributed by atoms with E-state index in [1.165, 1.54) is 36.4 Å². The minimum Gasteiger partial charge on any atom is -0.490 e. The summed E-state index contributed by atoms with van der Waals surface area (Å²) in [6, 6.07) is 9.23. The van der Waals surface area contributed by atoms with Gasteiger partial charge in [0.1, 0.15) is 18.2 Å². The summed E-state index contributed by atoms with van der Waals surface area (Å²) in [4.78, 5) is 0. The Balaban J connectivity index is 1.97. The molecular formula is C27H25F5O. The van der Waals surface area contributed by atoms with Crippen LogP contribution in [0.15, 0.2) is 54.6 Å². The minimum absolute atomic E-state index is 0.0451. The van der Waals surface area contributed by atoms with Crippen LogP contribution in [0, 0.1) is 17.5 Å². The van der Waals surface area contributed by atoms with Crippen LogP contribution < -0.4 is 4.74 Å². The van der Waals surface area contributed by atoms with Gasteiger partial charge in [-0.15, -0.1) is 0 Å². The Hall–Kier alpha value is -3.15. The fourth-order valence-electron chi connectivity index (χ4n) is 3.53. The molecule has 0 atom stereocenters. The van der Waals surface area contributed by atoms with E-state index in [2.05, 4.69) is 0 Å². The second kappa shape index (κ2) is 11.1. The van der Waals surface area contributed by atoms with Crippen molar-refractivity contribution in [1.82, 2.24) is 0 Å². The zero-order valence-corrected chi connectivity index (χ0v) is 18.5. The molecule has 3 aromatic carbocycles. The Bertz CT molecular complexity index is 1180. The fourth-order valence-corrected chi connectivity index (χ4v) is 3.53. The van der Waals surface area contributed by atoms with Crippen molar-refractivity contribution < 1.29 is 26.7 Å². The van der Waals surface area contributed by atoms with E-state index in [0.717, 1.165) is 18.9 Å². The van der Waals surface area contributed by atoms with E-state index >= 15 is 0 Å². The van der Waals surface area contributed by atoms with Crippen LogP contribution in [-0.2, 0) is 6.42 Å². The third kappa shape index (κ3) is 5.44. The Morgan fingerprint density at radius 2 is 1.61 bits per heavy atom. The third-order valence-corrected chi connectivity index (χ3v) is 5.37. The number of hydrogen-bond donors (Lipinski definition) is 0. The number of hydrogen-bond acceptors (Lipinski definition) is 1. The van der Waals surface area contributed by atoms with E-state index in [-0.39, 0.29) is 16.5 Å². The lowest BCUT2D eigenvalue weighted by molar-refractivity contribution is 0.362. The van der Waals surface area contributed by atoms with E-state index in [9.17, 15) is 22.0 Å². The standard InChI is InChI=1S/C27H25F5O/c1-3-5-7-8-17-9-10-19-16-21(26(31)27(32)22(19)23(17)28)25(30)24(29)18-11-13-20(14-12-18)33-15-6-4-2/h4,6,9-14,16H,3,5,7-8,15H2,1-2H3. The molecule has 6 heteroatoms. The van der Waals surface area contributed by atoms with Crippen molar-refractivity contribution in [1.29, 1.82) is 0 Å². The molecule has 0 saturated heterocycles. The average molecular weight is 460 g/mol. The van der Waals surface area contributed by atoms with Crippen LogP contribution in [0.25, 0.3) is 22.4 Å². The molecule has 0 N–H and O–H groups in total. The van der Waals surface area contributed by atoms with Gasteiger partial charge >= 0.3 is 0 Å². The monoisotopic (exact) mass is 460 g/mol. The van der Waals surface area contributed by atoms with Crippen LogP contribution in [0.2, 0.25) is 0 Å². The van der Waals surface area contributed by atoms with E-state index < -0.39 is 40.1 Å². The molecule has 0 amide bonds. The van der Waals surface area contributed by atoms with Gasteiger partial charge in [-0.1, -0.05) is 44.1 Å². The molecule has 3 aromatic rings. The topological polar surface area (TPSA) is 9.23 Å². The van der Waals surface area contributed by atoms with E-state index in [0.29, 0.717) is 25.2 Å². The number of aryl methyl sites for hydroxylation is 1. The Kier molecular flexibility index (Phi) is 8.26. The minimum atomic E-state index is -1.63. The molecule has 0 aliphatic carbocycles. The molecule has 0 bridgehead atoms. The number of ether oxygens (including phenoxy) is 1. The zero-order chi connectivity index (χ0) is 24.0. The van der Waals surface area contributed by atoms with Crippen molar-refractivity contribution in [2.75, 3.05) is 6.61 Å². The summed E-state index contributed by atoms with van der Waals surface area (Å²) in [5, 5.41) is -0.600. The second-order valence-electron chi connectivity index (χ2n) is 7.68. The molecule has 0 radical (unpaired) electrons. The molecule has 0 spiro atoms. The van der Waals surface area contributed by atoms with Gasteiger partial charge in [-0.2, -0.15) is 0 Å². The van der Waals surface area contributed by atoms with Crippen LogP contribution >= 0.6 is 0 Å². The predicted molar refractivity (Wildman–Crippen MR) is 123 cm³/mol. The van der Waals surface area contributed by atoms with Gasteiger partial charge in [0.15, 0.2) is 23.3 Å². The van der Waals surface area contributed by atoms with Gasteiger partial charge in [0.25, 0.3) is 0 Å². The molecule has 0 aromatic heterocycles. The van der Waals surface area contributed by atoms with Crippen LogP contribution in [0.3, 0.4) is 0 Å². The van der Waals surface area contributed by atoms with Crippen molar-refractivity contribution in [3.8, 4) is 5.75 Å². The van der Waals surface area contributed by atoms with Crippen molar-refractivity contribution in [2.45, 2.75) is 39.5 Å². The molecule has 0 heterocycles.